The number of ketones is 1. The first-order chi connectivity index (χ1) is 16.5. The van der Waals surface area contributed by atoms with E-state index in [4.69, 9.17) is 9.47 Å². The molecule has 6 nitrogen and oxygen atoms in total. The summed E-state index contributed by atoms with van der Waals surface area (Å²) < 4.78 is 11.2. The first-order valence-electron chi connectivity index (χ1n) is 11.8. The molecular weight excluding hydrogens is 450 g/mol. The van der Waals surface area contributed by atoms with Crippen LogP contribution in [-0.4, -0.2) is 30.1 Å². The number of esters is 1. The van der Waals surface area contributed by atoms with E-state index in [1.165, 1.54) is 12.0 Å². The van der Waals surface area contributed by atoms with E-state index in [1.807, 2.05) is 18.4 Å². The molecular formula is C27H29NO5S. The smallest absolute Gasteiger partial charge is 0.337 e. The second-order valence-electron chi connectivity index (χ2n) is 9.28. The lowest BCUT2D eigenvalue weighted by Gasteiger charge is -2.36. The van der Waals surface area contributed by atoms with E-state index in [-0.39, 0.29) is 29.5 Å². The Kier molecular flexibility index (Phi) is 6.21. The summed E-state index contributed by atoms with van der Waals surface area (Å²) in [5, 5.41) is 15.6. The van der Waals surface area contributed by atoms with Gasteiger partial charge in [-0.05, 0) is 68.2 Å². The van der Waals surface area contributed by atoms with Gasteiger partial charge in [0.2, 0.25) is 0 Å². The van der Waals surface area contributed by atoms with Gasteiger partial charge in [0, 0.05) is 40.1 Å². The summed E-state index contributed by atoms with van der Waals surface area (Å²) in [5.41, 5.74) is 3.37. The van der Waals surface area contributed by atoms with Crippen molar-refractivity contribution in [2.45, 2.75) is 63.4 Å². The van der Waals surface area contributed by atoms with Crippen molar-refractivity contribution in [3.8, 4) is 11.5 Å². The van der Waals surface area contributed by atoms with Crippen molar-refractivity contribution < 1.29 is 24.2 Å². The summed E-state index contributed by atoms with van der Waals surface area (Å²) in [4.78, 5) is 28.3. The van der Waals surface area contributed by atoms with E-state index < -0.39 is 5.92 Å². The summed E-state index contributed by atoms with van der Waals surface area (Å²) in [6, 6.07) is 9.11. The molecule has 5 rings (SSSR count). The number of nitrogens with one attached hydrogen (secondary N) is 1. The van der Waals surface area contributed by atoms with E-state index in [9.17, 15) is 14.7 Å². The van der Waals surface area contributed by atoms with Crippen LogP contribution in [0.5, 0.6) is 11.5 Å². The molecule has 2 aliphatic carbocycles. The third-order valence-electron chi connectivity index (χ3n) is 7.11. The zero-order valence-electron chi connectivity index (χ0n) is 19.4. The first-order valence-corrected chi connectivity index (χ1v) is 12.7. The zero-order chi connectivity index (χ0) is 23.8. The molecule has 2 heterocycles. The van der Waals surface area contributed by atoms with E-state index in [0.717, 1.165) is 36.9 Å². The van der Waals surface area contributed by atoms with Crippen molar-refractivity contribution in [3.63, 3.8) is 0 Å². The Bertz CT molecular complexity index is 1170. The quantitative estimate of drug-likeness (QED) is 0.566. The van der Waals surface area contributed by atoms with E-state index in [1.54, 1.807) is 29.5 Å². The van der Waals surface area contributed by atoms with Crippen LogP contribution in [-0.2, 0) is 14.3 Å². The molecule has 2 aromatic rings. The van der Waals surface area contributed by atoms with E-state index in [0.29, 0.717) is 35.4 Å². The molecule has 2 N–H and O–H groups in total. The predicted molar refractivity (Wildman–Crippen MR) is 130 cm³/mol. The summed E-state index contributed by atoms with van der Waals surface area (Å²) in [7, 11) is 1.49. The normalized spacial score (nSPS) is 23.1. The molecule has 3 aliphatic rings. The monoisotopic (exact) mass is 479 g/mol. The molecule has 0 spiro atoms. The second-order valence-corrected chi connectivity index (χ2v) is 10.3. The minimum absolute atomic E-state index is 0.0119. The Morgan fingerprint density at radius 2 is 1.97 bits per heavy atom. The van der Waals surface area contributed by atoms with Crippen LogP contribution in [0.4, 0.5) is 0 Å². The number of rotatable bonds is 5. The highest BCUT2D eigenvalue weighted by atomic mass is 32.1. The summed E-state index contributed by atoms with van der Waals surface area (Å²) >= 11 is 1.67. The van der Waals surface area contributed by atoms with Crippen LogP contribution in [0.1, 0.15) is 67.7 Å². The third-order valence-corrected chi connectivity index (χ3v) is 8.14. The number of aromatic hydroxyl groups is 1. The SMILES string of the molecule is COc1cc(C2C(C(=O)OC3CCCC3)=C(C)NC3=C2C(=O)CC(c2cccs2)C3)ccc1O. The van der Waals surface area contributed by atoms with Crippen molar-refractivity contribution in [2.24, 2.45) is 0 Å². The van der Waals surface area contributed by atoms with Gasteiger partial charge in [0.05, 0.1) is 12.7 Å². The van der Waals surface area contributed by atoms with Crippen LogP contribution < -0.4 is 10.1 Å². The van der Waals surface area contributed by atoms with Crippen molar-refractivity contribution >= 4 is 23.1 Å². The Balaban J connectivity index is 1.58. The minimum Gasteiger partial charge on any atom is -0.504 e. The van der Waals surface area contributed by atoms with Crippen LogP contribution in [0.15, 0.2) is 58.3 Å². The minimum atomic E-state index is -0.573. The predicted octanol–water partition coefficient (Wildman–Crippen LogP) is 5.31. The van der Waals surface area contributed by atoms with Gasteiger partial charge in [0.1, 0.15) is 6.10 Å². The van der Waals surface area contributed by atoms with Crippen LogP contribution in [0, 0.1) is 0 Å². The van der Waals surface area contributed by atoms with Gasteiger partial charge >= 0.3 is 5.97 Å². The Hall–Kier alpha value is -3.06. The van der Waals surface area contributed by atoms with Crippen molar-refractivity contribution in [2.75, 3.05) is 7.11 Å². The fraction of sp³-hybridized carbons (Fsp3) is 0.407. The fourth-order valence-corrected chi connectivity index (χ4v) is 6.29. The first kappa shape index (κ1) is 22.7. The van der Waals surface area contributed by atoms with Gasteiger partial charge in [-0.3, -0.25) is 4.79 Å². The van der Waals surface area contributed by atoms with Crippen LogP contribution >= 0.6 is 11.3 Å². The number of benzene rings is 1. The molecule has 178 valence electrons. The van der Waals surface area contributed by atoms with E-state index in [2.05, 4.69) is 11.4 Å². The topological polar surface area (TPSA) is 84.9 Å². The van der Waals surface area contributed by atoms with E-state index >= 15 is 0 Å². The molecule has 7 heteroatoms. The number of phenols is 1. The molecule has 1 fully saturated rings. The van der Waals surface area contributed by atoms with Gasteiger partial charge in [-0.15, -0.1) is 11.3 Å². The van der Waals surface area contributed by atoms with Gasteiger partial charge in [0.15, 0.2) is 17.3 Å². The highest BCUT2D eigenvalue weighted by Crippen LogP contribution is 2.47. The molecule has 0 saturated heterocycles. The molecule has 1 aliphatic heterocycles. The maximum atomic E-state index is 13.6. The number of methoxy groups -OCH3 is 1. The van der Waals surface area contributed by atoms with Crippen LogP contribution in [0.25, 0.3) is 0 Å². The number of carbonyl (C=O) groups is 2. The maximum absolute atomic E-state index is 13.6. The van der Waals surface area contributed by atoms with Gasteiger partial charge in [-0.25, -0.2) is 4.79 Å². The van der Waals surface area contributed by atoms with Crippen molar-refractivity contribution in [1.82, 2.24) is 5.32 Å². The Morgan fingerprint density at radius 3 is 2.68 bits per heavy atom. The highest BCUT2D eigenvalue weighted by Gasteiger charge is 2.42. The lowest BCUT2D eigenvalue weighted by Crippen LogP contribution is -2.36. The Morgan fingerprint density at radius 1 is 1.18 bits per heavy atom. The third kappa shape index (κ3) is 4.13. The van der Waals surface area contributed by atoms with Gasteiger partial charge < -0.3 is 19.9 Å². The standard InChI is InChI=1S/C27H29NO5S/c1-15-24(27(31)33-18-6-3-4-7-18)25(16-9-10-20(29)22(14-16)32-2)26-19(28-15)12-17(13-21(26)30)23-8-5-11-34-23/h5,8-11,14,17-18,25,28-29H,3-4,6-7,12-13H2,1-2H3. The summed E-state index contributed by atoms with van der Waals surface area (Å²) in [6.07, 6.45) is 4.89. The number of thiophene rings is 1. The number of Topliss-reactive ketones (excluding diaryl/α,β-unsaturated/α-hetero) is 1. The molecule has 2 atom stereocenters. The average molecular weight is 480 g/mol. The van der Waals surface area contributed by atoms with Crippen LogP contribution in [0.2, 0.25) is 0 Å². The number of hydrogen-bond acceptors (Lipinski definition) is 7. The number of phenolic OH excluding ortho intramolecular Hbond substituents is 1. The fourth-order valence-electron chi connectivity index (χ4n) is 5.46. The molecule has 1 saturated carbocycles. The molecule has 1 aromatic carbocycles. The van der Waals surface area contributed by atoms with Crippen LogP contribution in [0.3, 0.4) is 0 Å². The number of carbonyl (C=O) groups excluding carboxylic acids is 2. The van der Waals surface area contributed by atoms with Crippen molar-refractivity contribution in [3.05, 3.63) is 68.7 Å². The number of hydrogen-bond donors (Lipinski definition) is 2. The Labute approximate surface area is 203 Å². The number of dihydropyridines is 1. The largest absolute Gasteiger partial charge is 0.504 e. The average Bonchev–Trinajstić information content (AvgIpc) is 3.53. The highest BCUT2D eigenvalue weighted by molar-refractivity contribution is 7.10. The maximum Gasteiger partial charge on any atom is 0.337 e. The second kappa shape index (κ2) is 9.29. The summed E-state index contributed by atoms with van der Waals surface area (Å²) in [6.45, 7) is 1.87. The lowest BCUT2D eigenvalue weighted by atomic mass is 9.72. The molecule has 2 unspecified atom stereocenters. The molecule has 0 bridgehead atoms. The zero-order valence-corrected chi connectivity index (χ0v) is 20.2. The van der Waals surface area contributed by atoms with Crippen molar-refractivity contribution in [1.29, 1.82) is 0 Å². The molecule has 0 amide bonds. The number of ether oxygens (including phenoxy) is 2. The van der Waals surface area contributed by atoms with Gasteiger partial charge in [0.25, 0.3) is 0 Å². The summed E-state index contributed by atoms with van der Waals surface area (Å²) in [5.74, 6) is -0.488. The molecule has 1 aromatic heterocycles. The number of allylic oxidation sites excluding steroid dienone is 3. The van der Waals surface area contributed by atoms with Gasteiger partial charge in [-0.2, -0.15) is 0 Å². The lowest BCUT2D eigenvalue weighted by molar-refractivity contribution is -0.144. The molecule has 34 heavy (non-hydrogen) atoms. The molecule has 0 radical (unpaired) electrons. The van der Waals surface area contributed by atoms with Gasteiger partial charge in [-0.1, -0.05) is 12.1 Å².